The van der Waals surface area contributed by atoms with E-state index in [0.29, 0.717) is 17.1 Å². The van der Waals surface area contributed by atoms with Crippen LogP contribution in [-0.4, -0.2) is 57.0 Å². The summed E-state index contributed by atoms with van der Waals surface area (Å²) in [4.78, 5) is 28.3. The van der Waals surface area contributed by atoms with E-state index in [0.717, 1.165) is 37.6 Å². The minimum Gasteiger partial charge on any atom is -0.482 e. The van der Waals surface area contributed by atoms with Crippen LogP contribution in [0.15, 0.2) is 53.6 Å². The maximum absolute atomic E-state index is 12.4. The Morgan fingerprint density at radius 1 is 1.10 bits per heavy atom. The molecule has 0 spiro atoms. The van der Waals surface area contributed by atoms with Crippen LogP contribution in [0.25, 0.3) is 0 Å². The molecule has 0 saturated carbocycles. The van der Waals surface area contributed by atoms with Crippen molar-refractivity contribution in [1.29, 1.82) is 0 Å². The van der Waals surface area contributed by atoms with Gasteiger partial charge in [-0.3, -0.25) is 14.5 Å². The molecule has 4 rings (SSSR count). The third-order valence-corrected chi connectivity index (χ3v) is 5.12. The third kappa shape index (κ3) is 4.44. The van der Waals surface area contributed by atoms with Crippen molar-refractivity contribution in [2.75, 3.05) is 49.3 Å². The summed E-state index contributed by atoms with van der Waals surface area (Å²) >= 11 is 0. The molecule has 0 aliphatic carbocycles. The molecule has 0 atom stereocenters. The first-order chi connectivity index (χ1) is 14.6. The highest BCUT2D eigenvalue weighted by molar-refractivity contribution is 6.03. The Labute approximate surface area is 175 Å². The molecule has 0 radical (unpaired) electrons. The molecule has 2 aromatic rings. The van der Waals surface area contributed by atoms with Crippen LogP contribution in [0.2, 0.25) is 0 Å². The lowest BCUT2D eigenvalue weighted by Gasteiger charge is -2.29. The Morgan fingerprint density at radius 3 is 2.60 bits per heavy atom. The molecule has 156 valence electrons. The molecule has 8 nitrogen and oxygen atoms in total. The van der Waals surface area contributed by atoms with Gasteiger partial charge in [-0.1, -0.05) is 24.3 Å². The number of nitrogens with zero attached hydrogens (tertiary/aromatic N) is 3. The number of amides is 2. The van der Waals surface area contributed by atoms with Crippen LogP contribution in [0.1, 0.15) is 12.5 Å². The van der Waals surface area contributed by atoms with Crippen molar-refractivity contribution in [2.24, 2.45) is 5.10 Å². The summed E-state index contributed by atoms with van der Waals surface area (Å²) in [5.41, 5.74) is 5.88. The normalized spacial score (nSPS) is 16.7. The molecule has 0 bridgehead atoms. The van der Waals surface area contributed by atoms with Crippen molar-refractivity contribution < 1.29 is 19.1 Å². The summed E-state index contributed by atoms with van der Waals surface area (Å²) in [5.74, 6) is -0.0440. The Kier molecular flexibility index (Phi) is 5.94. The predicted molar refractivity (Wildman–Crippen MR) is 114 cm³/mol. The van der Waals surface area contributed by atoms with Gasteiger partial charge in [-0.15, -0.1) is 0 Å². The summed E-state index contributed by atoms with van der Waals surface area (Å²) in [6.07, 6.45) is 0. The van der Waals surface area contributed by atoms with E-state index < -0.39 is 0 Å². The van der Waals surface area contributed by atoms with E-state index in [1.807, 2.05) is 37.3 Å². The van der Waals surface area contributed by atoms with Gasteiger partial charge in [-0.2, -0.15) is 5.10 Å². The summed E-state index contributed by atoms with van der Waals surface area (Å²) < 4.78 is 10.8. The van der Waals surface area contributed by atoms with Gasteiger partial charge >= 0.3 is 0 Å². The lowest BCUT2D eigenvalue weighted by atomic mass is 10.1. The zero-order valence-electron chi connectivity index (χ0n) is 16.8. The lowest BCUT2D eigenvalue weighted by Crippen LogP contribution is -2.44. The monoisotopic (exact) mass is 408 g/mol. The number of carbonyl (C=O) groups excluding carboxylic acids is 2. The molecule has 0 unspecified atom stereocenters. The zero-order valence-corrected chi connectivity index (χ0v) is 16.8. The number of fused-ring (bicyclic) bond motifs is 1. The van der Waals surface area contributed by atoms with E-state index in [2.05, 4.69) is 15.4 Å². The van der Waals surface area contributed by atoms with E-state index >= 15 is 0 Å². The zero-order chi connectivity index (χ0) is 20.9. The first-order valence-corrected chi connectivity index (χ1v) is 9.90. The van der Waals surface area contributed by atoms with Gasteiger partial charge in [-0.25, -0.2) is 5.43 Å². The molecule has 8 heteroatoms. The maximum Gasteiger partial charge on any atom is 0.265 e. The molecule has 30 heavy (non-hydrogen) atoms. The number of para-hydroxylation sites is 2. The largest absolute Gasteiger partial charge is 0.482 e. The second-order valence-corrected chi connectivity index (χ2v) is 7.11. The number of morpholine rings is 1. The molecule has 2 aliphatic rings. The molecule has 2 aliphatic heterocycles. The van der Waals surface area contributed by atoms with E-state index in [-0.39, 0.29) is 25.0 Å². The fraction of sp³-hybridized carbons (Fsp3) is 0.318. The molecule has 0 aromatic heterocycles. The average Bonchev–Trinajstić information content (AvgIpc) is 2.80. The molecular weight excluding hydrogens is 384 g/mol. The topological polar surface area (TPSA) is 83.5 Å². The summed E-state index contributed by atoms with van der Waals surface area (Å²) in [7, 11) is 0. The number of benzene rings is 2. The van der Waals surface area contributed by atoms with Gasteiger partial charge < -0.3 is 14.4 Å². The van der Waals surface area contributed by atoms with E-state index in [4.69, 9.17) is 9.47 Å². The highest BCUT2D eigenvalue weighted by Gasteiger charge is 2.26. The Bertz CT molecular complexity index is 952. The van der Waals surface area contributed by atoms with Crippen molar-refractivity contribution >= 4 is 28.9 Å². The highest BCUT2D eigenvalue weighted by atomic mass is 16.5. The minimum atomic E-state index is -0.371. The highest BCUT2D eigenvalue weighted by Crippen LogP contribution is 2.31. The van der Waals surface area contributed by atoms with Crippen molar-refractivity contribution in [3.63, 3.8) is 0 Å². The first-order valence-electron chi connectivity index (χ1n) is 9.90. The smallest absolute Gasteiger partial charge is 0.265 e. The van der Waals surface area contributed by atoms with Gasteiger partial charge in [0.15, 0.2) is 6.61 Å². The van der Waals surface area contributed by atoms with Gasteiger partial charge in [0.05, 0.1) is 24.6 Å². The van der Waals surface area contributed by atoms with Crippen molar-refractivity contribution in [3.8, 4) is 5.75 Å². The van der Waals surface area contributed by atoms with Crippen molar-refractivity contribution in [1.82, 2.24) is 5.43 Å². The first kappa shape index (κ1) is 19.9. The number of hydrogen-bond acceptors (Lipinski definition) is 6. The van der Waals surface area contributed by atoms with Crippen LogP contribution >= 0.6 is 0 Å². The van der Waals surface area contributed by atoms with Gasteiger partial charge in [-0.05, 0) is 36.8 Å². The van der Waals surface area contributed by atoms with Crippen LogP contribution in [0.3, 0.4) is 0 Å². The van der Waals surface area contributed by atoms with E-state index in [9.17, 15) is 9.59 Å². The van der Waals surface area contributed by atoms with Crippen molar-refractivity contribution in [3.05, 3.63) is 54.1 Å². The molecule has 2 heterocycles. The molecule has 2 aromatic carbocycles. The molecule has 1 fully saturated rings. The number of ether oxygens (including phenoxy) is 2. The van der Waals surface area contributed by atoms with Crippen LogP contribution in [-0.2, 0) is 14.3 Å². The minimum absolute atomic E-state index is 0.0813. The van der Waals surface area contributed by atoms with Crippen LogP contribution in [0.5, 0.6) is 5.75 Å². The fourth-order valence-electron chi connectivity index (χ4n) is 3.45. The number of anilines is 2. The van der Waals surface area contributed by atoms with Gasteiger partial charge in [0.1, 0.15) is 12.3 Å². The molecule has 2 amide bonds. The second-order valence-electron chi connectivity index (χ2n) is 7.11. The summed E-state index contributed by atoms with van der Waals surface area (Å²) in [6.45, 7) is 4.87. The quantitative estimate of drug-likeness (QED) is 0.602. The maximum atomic E-state index is 12.4. The van der Waals surface area contributed by atoms with Gasteiger partial charge in [0.25, 0.3) is 11.8 Å². The number of carbonyl (C=O) groups is 2. The Balaban J connectivity index is 1.37. The second kappa shape index (κ2) is 8.96. The molecule has 1 saturated heterocycles. The van der Waals surface area contributed by atoms with Crippen LogP contribution < -0.4 is 20.0 Å². The van der Waals surface area contributed by atoms with Gasteiger partial charge in [0.2, 0.25) is 0 Å². The number of rotatable bonds is 5. The Morgan fingerprint density at radius 2 is 1.83 bits per heavy atom. The van der Waals surface area contributed by atoms with Crippen LogP contribution in [0.4, 0.5) is 11.4 Å². The van der Waals surface area contributed by atoms with Gasteiger partial charge in [0, 0.05) is 18.8 Å². The van der Waals surface area contributed by atoms with E-state index in [1.54, 1.807) is 18.2 Å². The number of hydrazone groups is 1. The average molecular weight is 408 g/mol. The summed E-state index contributed by atoms with van der Waals surface area (Å²) in [5, 5.41) is 4.20. The lowest BCUT2D eigenvalue weighted by molar-refractivity contribution is -0.125. The molecule has 1 N–H and O–H groups in total. The molecular formula is C22H24N4O4. The fourth-order valence-corrected chi connectivity index (χ4v) is 3.45. The predicted octanol–water partition coefficient (Wildman–Crippen LogP) is 1.79. The third-order valence-electron chi connectivity index (χ3n) is 5.12. The number of nitrogens with one attached hydrogen (secondary N) is 1. The summed E-state index contributed by atoms with van der Waals surface area (Å²) in [6, 6.07) is 15.2. The number of hydrogen-bond donors (Lipinski definition) is 1. The van der Waals surface area contributed by atoms with E-state index in [1.165, 1.54) is 4.90 Å². The Hall–Kier alpha value is -3.39. The van der Waals surface area contributed by atoms with Crippen molar-refractivity contribution in [2.45, 2.75) is 6.92 Å². The van der Waals surface area contributed by atoms with Crippen LogP contribution in [0, 0.1) is 0 Å². The SMILES string of the molecule is C/C(=N/NC(=O)CN1C(=O)COc2ccccc21)c1ccc(N2CCOCC2)cc1. The standard InChI is InChI=1S/C22H24N4O4/c1-16(17-6-8-18(9-7-17)25-10-12-29-13-11-25)23-24-21(27)14-26-19-4-2-3-5-20(19)30-15-22(26)28/h2-9H,10-15H2,1H3,(H,24,27)/b23-16-.